The van der Waals surface area contributed by atoms with Crippen LogP contribution in [0.5, 0.6) is 6.01 Å². The van der Waals surface area contributed by atoms with Crippen molar-refractivity contribution in [1.29, 1.82) is 0 Å². The second-order valence-corrected chi connectivity index (χ2v) is 7.46. The van der Waals surface area contributed by atoms with Gasteiger partial charge in [-0.2, -0.15) is 9.97 Å². The van der Waals surface area contributed by atoms with E-state index in [2.05, 4.69) is 49.1 Å². The number of nitrogen functional groups attached to an aromatic ring is 1. The summed E-state index contributed by atoms with van der Waals surface area (Å²) in [5.74, 6) is 0.270. The summed E-state index contributed by atoms with van der Waals surface area (Å²) < 4.78 is 21.2. The van der Waals surface area contributed by atoms with E-state index in [1.165, 1.54) is 11.6 Å². The maximum atomic E-state index is 13.9. The minimum Gasteiger partial charge on any atom is -0.464 e. The number of nitrogens with two attached hydrogens (primary N) is 1. The van der Waals surface area contributed by atoms with Gasteiger partial charge in [-0.3, -0.25) is 4.98 Å². The predicted molar refractivity (Wildman–Crippen MR) is 117 cm³/mol. The molecule has 0 amide bonds. The molecular formula is C22H24FN7O. The highest BCUT2D eigenvalue weighted by atomic mass is 19.1. The van der Waals surface area contributed by atoms with Crippen LogP contribution in [-0.4, -0.2) is 50.1 Å². The van der Waals surface area contributed by atoms with Crippen LogP contribution in [0.25, 0.3) is 22.6 Å². The third-order valence-electron chi connectivity index (χ3n) is 4.70. The van der Waals surface area contributed by atoms with Crippen molar-refractivity contribution in [2.24, 2.45) is 0 Å². The van der Waals surface area contributed by atoms with Crippen molar-refractivity contribution in [1.82, 2.24) is 29.4 Å². The lowest BCUT2D eigenvalue weighted by Gasteiger charge is -2.12. The number of rotatable bonds is 7. The molecule has 3 heterocycles. The van der Waals surface area contributed by atoms with Crippen LogP contribution in [0, 0.1) is 5.82 Å². The van der Waals surface area contributed by atoms with E-state index in [0.29, 0.717) is 35.7 Å². The molecule has 0 aliphatic rings. The second-order valence-electron chi connectivity index (χ2n) is 7.46. The van der Waals surface area contributed by atoms with Crippen molar-refractivity contribution >= 4 is 17.0 Å². The summed E-state index contributed by atoms with van der Waals surface area (Å²) >= 11 is 0. The molecule has 1 aromatic carbocycles. The molecule has 0 aliphatic carbocycles. The van der Waals surface area contributed by atoms with Gasteiger partial charge < -0.3 is 19.9 Å². The van der Waals surface area contributed by atoms with Gasteiger partial charge in [0.15, 0.2) is 17.0 Å². The number of pyridine rings is 1. The van der Waals surface area contributed by atoms with Crippen molar-refractivity contribution in [3.8, 4) is 17.4 Å². The first kappa shape index (κ1) is 20.7. The van der Waals surface area contributed by atoms with E-state index in [1.807, 2.05) is 25.6 Å². The number of halogens is 1. The van der Waals surface area contributed by atoms with Gasteiger partial charge >= 0.3 is 6.01 Å². The van der Waals surface area contributed by atoms with Crippen LogP contribution >= 0.6 is 0 Å². The molecule has 0 aliphatic heterocycles. The van der Waals surface area contributed by atoms with Crippen molar-refractivity contribution in [3.63, 3.8) is 0 Å². The van der Waals surface area contributed by atoms with Gasteiger partial charge in [-0.1, -0.05) is 24.3 Å². The van der Waals surface area contributed by atoms with Crippen molar-refractivity contribution in [2.75, 3.05) is 26.4 Å². The van der Waals surface area contributed by atoms with E-state index < -0.39 is 5.82 Å². The van der Waals surface area contributed by atoms with Crippen LogP contribution in [-0.2, 0) is 13.1 Å². The Balaban J connectivity index is 1.83. The molecule has 0 fully saturated rings. The van der Waals surface area contributed by atoms with Crippen molar-refractivity contribution in [2.45, 2.75) is 20.0 Å². The number of anilines is 1. The smallest absolute Gasteiger partial charge is 0.320 e. The third kappa shape index (κ3) is 4.46. The Bertz CT molecular complexity index is 1200. The van der Waals surface area contributed by atoms with E-state index in [4.69, 9.17) is 10.5 Å². The fourth-order valence-electron chi connectivity index (χ4n) is 3.40. The molecule has 31 heavy (non-hydrogen) atoms. The molecule has 9 heteroatoms. The maximum Gasteiger partial charge on any atom is 0.320 e. The molecule has 0 spiro atoms. The Morgan fingerprint density at radius 3 is 2.48 bits per heavy atom. The summed E-state index contributed by atoms with van der Waals surface area (Å²) in [6.45, 7) is 3.58. The van der Waals surface area contributed by atoms with E-state index in [9.17, 15) is 4.39 Å². The zero-order valence-corrected chi connectivity index (χ0v) is 17.7. The van der Waals surface area contributed by atoms with E-state index in [-0.39, 0.29) is 11.8 Å². The van der Waals surface area contributed by atoms with Crippen LogP contribution < -0.4 is 10.5 Å². The highest BCUT2D eigenvalue weighted by molar-refractivity contribution is 5.85. The summed E-state index contributed by atoms with van der Waals surface area (Å²) in [5.41, 5.74) is 9.88. The van der Waals surface area contributed by atoms with Crippen molar-refractivity contribution in [3.05, 3.63) is 59.7 Å². The van der Waals surface area contributed by atoms with Crippen molar-refractivity contribution < 1.29 is 9.13 Å². The number of nitrogens with zero attached hydrogens (tertiary/aromatic N) is 6. The predicted octanol–water partition coefficient (Wildman–Crippen LogP) is 3.12. The van der Waals surface area contributed by atoms with Gasteiger partial charge in [0.2, 0.25) is 0 Å². The highest BCUT2D eigenvalue weighted by Gasteiger charge is 2.19. The Labute approximate surface area is 179 Å². The van der Waals surface area contributed by atoms with Gasteiger partial charge in [-0.15, -0.1) is 0 Å². The number of fused-ring (bicyclic) bond motifs is 1. The monoisotopic (exact) mass is 421 g/mol. The van der Waals surface area contributed by atoms with E-state index in [1.54, 1.807) is 6.20 Å². The normalized spacial score (nSPS) is 11.4. The maximum absolute atomic E-state index is 13.9. The lowest BCUT2D eigenvalue weighted by atomic mass is 10.1. The molecule has 0 saturated heterocycles. The zero-order chi connectivity index (χ0) is 22.0. The molecule has 8 nitrogen and oxygen atoms in total. The molecule has 0 bridgehead atoms. The van der Waals surface area contributed by atoms with Crippen LogP contribution in [0.3, 0.4) is 0 Å². The second kappa shape index (κ2) is 8.65. The van der Waals surface area contributed by atoms with Gasteiger partial charge in [0.1, 0.15) is 11.6 Å². The lowest BCUT2D eigenvalue weighted by Crippen LogP contribution is -2.10. The first-order valence-electron chi connectivity index (χ1n) is 9.94. The molecule has 2 N–H and O–H groups in total. The minimum absolute atomic E-state index is 0.180. The largest absolute Gasteiger partial charge is 0.464 e. The molecule has 4 aromatic rings. The van der Waals surface area contributed by atoms with Crippen LogP contribution in [0.2, 0.25) is 0 Å². The summed E-state index contributed by atoms with van der Waals surface area (Å²) in [4.78, 5) is 19.4. The molecule has 0 unspecified atom stereocenters. The summed E-state index contributed by atoms with van der Waals surface area (Å²) in [6.07, 6.45) is 2.72. The molecule has 160 valence electrons. The molecular weight excluding hydrogens is 397 g/mol. The molecule has 0 saturated carbocycles. The highest BCUT2D eigenvalue weighted by Crippen LogP contribution is 2.28. The van der Waals surface area contributed by atoms with Crippen LogP contribution in [0.15, 0.2) is 42.7 Å². The quantitative estimate of drug-likeness (QED) is 0.490. The number of hydrogen-bond acceptors (Lipinski definition) is 7. The van der Waals surface area contributed by atoms with Gasteiger partial charge in [-0.05, 0) is 38.2 Å². The molecule has 0 radical (unpaired) electrons. The SMILES string of the molecule is CCOc1nc(N)c2nc(-c3cncc(F)c3)n(Cc3ccc(CN(C)C)cc3)c2n1. The Morgan fingerprint density at radius 2 is 1.81 bits per heavy atom. The number of imidazole rings is 1. The number of ether oxygens (including phenoxy) is 1. The van der Waals surface area contributed by atoms with Gasteiger partial charge in [0.05, 0.1) is 19.3 Å². The van der Waals surface area contributed by atoms with E-state index >= 15 is 0 Å². The van der Waals surface area contributed by atoms with Crippen LogP contribution in [0.1, 0.15) is 18.1 Å². The number of hydrogen-bond donors (Lipinski definition) is 1. The van der Waals surface area contributed by atoms with Gasteiger partial charge in [0.25, 0.3) is 0 Å². The Hall–Kier alpha value is -3.59. The zero-order valence-electron chi connectivity index (χ0n) is 17.7. The minimum atomic E-state index is -0.446. The number of benzene rings is 1. The molecule has 0 atom stereocenters. The first-order valence-corrected chi connectivity index (χ1v) is 9.94. The van der Waals surface area contributed by atoms with Gasteiger partial charge in [-0.25, -0.2) is 9.37 Å². The summed E-state index contributed by atoms with van der Waals surface area (Å²) in [7, 11) is 4.07. The fraction of sp³-hybridized carbons (Fsp3) is 0.273. The topological polar surface area (TPSA) is 95.0 Å². The first-order chi connectivity index (χ1) is 14.9. The average molecular weight is 421 g/mol. The Morgan fingerprint density at radius 1 is 1.06 bits per heavy atom. The molecule has 3 aromatic heterocycles. The Kier molecular flexibility index (Phi) is 5.77. The third-order valence-corrected chi connectivity index (χ3v) is 4.70. The fourth-order valence-corrected chi connectivity index (χ4v) is 3.40. The summed E-state index contributed by atoms with van der Waals surface area (Å²) in [5, 5.41) is 0. The standard InChI is InChI=1S/C22H24FN7O/c1-4-31-22-27-19(24)18-21(28-22)30(20(26-18)16-9-17(23)11-25-10-16)13-15-7-5-14(6-8-15)12-29(2)3/h5-11H,4,12-13H2,1-3H3,(H2,24,27,28). The van der Waals surface area contributed by atoms with Gasteiger partial charge in [0, 0.05) is 18.3 Å². The average Bonchev–Trinajstić information content (AvgIpc) is 3.08. The van der Waals surface area contributed by atoms with E-state index in [0.717, 1.165) is 18.3 Å². The molecule has 4 rings (SSSR count). The van der Waals surface area contributed by atoms with Crippen LogP contribution in [0.4, 0.5) is 10.2 Å². The lowest BCUT2D eigenvalue weighted by molar-refractivity contribution is 0.314. The summed E-state index contributed by atoms with van der Waals surface area (Å²) in [6, 6.07) is 9.87. The number of aromatic nitrogens is 5.